The first kappa shape index (κ1) is 28.3. The highest BCUT2D eigenvalue weighted by Gasteiger charge is 2.38. The number of nitrogens with zero attached hydrogens (tertiary/aromatic N) is 3. The van der Waals surface area contributed by atoms with Crippen LogP contribution >= 0.6 is 11.9 Å². The average molecular weight is 596 g/mol. The second-order valence-electron chi connectivity index (χ2n) is 10.4. The highest BCUT2D eigenvalue weighted by Crippen LogP contribution is 2.44. The maximum atomic E-state index is 14.4. The summed E-state index contributed by atoms with van der Waals surface area (Å²) in [6, 6.07) is 17.5. The molecule has 42 heavy (non-hydrogen) atoms. The third-order valence-corrected chi connectivity index (χ3v) is 8.80. The minimum absolute atomic E-state index is 0.0557. The molecule has 0 aliphatic carbocycles. The van der Waals surface area contributed by atoms with Gasteiger partial charge in [-0.25, -0.2) is 9.10 Å². The third kappa shape index (κ3) is 5.16. The molecule has 1 N–H and O–H groups in total. The average Bonchev–Trinajstić information content (AvgIpc) is 2.97. The van der Waals surface area contributed by atoms with Crippen LogP contribution in [0.5, 0.6) is 0 Å². The molecular formula is C31H28F3N3O4S. The van der Waals surface area contributed by atoms with Crippen molar-refractivity contribution in [2.75, 3.05) is 44.8 Å². The lowest BCUT2D eigenvalue weighted by Gasteiger charge is -2.37. The molecule has 11 heteroatoms. The molecule has 0 radical (unpaired) electrons. The Balaban J connectivity index is 1.72. The first-order chi connectivity index (χ1) is 20.1. The van der Waals surface area contributed by atoms with Crippen molar-refractivity contribution in [3.05, 3.63) is 93.8 Å². The summed E-state index contributed by atoms with van der Waals surface area (Å²) in [6.45, 7) is 1.58. The van der Waals surface area contributed by atoms with E-state index in [-0.39, 0.29) is 18.5 Å². The van der Waals surface area contributed by atoms with E-state index in [0.29, 0.717) is 48.1 Å². The summed E-state index contributed by atoms with van der Waals surface area (Å²) >= 11 is 1.17. The normalized spacial score (nSPS) is 17.8. The molecule has 3 aromatic carbocycles. The molecule has 218 valence electrons. The molecular weight excluding hydrogens is 567 g/mol. The molecule has 3 heterocycles. The fraction of sp³-hybridized carbons (Fsp3) is 0.290. The Morgan fingerprint density at radius 1 is 1.05 bits per heavy atom. The van der Waals surface area contributed by atoms with Crippen LogP contribution in [0.1, 0.15) is 22.7 Å². The smallest absolute Gasteiger partial charge is 0.416 e. The number of ether oxygens (including phenoxy) is 1. The molecule has 2 aliphatic rings. The predicted octanol–water partition coefficient (Wildman–Crippen LogP) is 5.69. The molecule has 1 aromatic heterocycles. The number of hydrogen-bond donors (Lipinski definition) is 1. The number of pyridine rings is 1. The number of fused-ring (bicyclic) bond motifs is 2. The van der Waals surface area contributed by atoms with Crippen molar-refractivity contribution in [2.45, 2.75) is 23.7 Å². The van der Waals surface area contributed by atoms with Crippen LogP contribution in [0.25, 0.3) is 21.9 Å². The molecule has 0 saturated carbocycles. The summed E-state index contributed by atoms with van der Waals surface area (Å²) in [4.78, 5) is 28.8. The Kier molecular flexibility index (Phi) is 7.50. The van der Waals surface area contributed by atoms with Crippen LogP contribution in [0.2, 0.25) is 0 Å². The van der Waals surface area contributed by atoms with Crippen LogP contribution < -0.4 is 10.5 Å². The molecule has 1 unspecified atom stereocenters. The number of morpholine rings is 1. The van der Waals surface area contributed by atoms with Gasteiger partial charge in [-0.3, -0.25) is 9.36 Å². The maximum Gasteiger partial charge on any atom is 0.416 e. The molecule has 0 amide bonds. The van der Waals surface area contributed by atoms with E-state index in [1.165, 1.54) is 22.6 Å². The lowest BCUT2D eigenvalue weighted by Crippen LogP contribution is -2.46. The van der Waals surface area contributed by atoms with Gasteiger partial charge in [0.2, 0.25) is 0 Å². The number of anilines is 1. The third-order valence-electron chi connectivity index (χ3n) is 7.76. The second-order valence-corrected chi connectivity index (χ2v) is 11.6. The van der Waals surface area contributed by atoms with Crippen LogP contribution in [0.15, 0.2) is 76.6 Å². The first-order valence-corrected chi connectivity index (χ1v) is 14.3. The molecule has 1 fully saturated rings. The topological polar surface area (TPSA) is 75.0 Å². The standard InChI is InChI=1S/C31H28F3N3O4S/c1-35-18-25(30(39)40)37-28(38)27(36-12-14-41-15-13-36)24(17-20-8-4-7-19-6-2-3-11-23(19)20)26(29(37)42-35)21-9-5-10-22(16-21)31(32,33)34/h2-11,16,25H,12-15,17-18H2,1H3,(H,39,40). The lowest BCUT2D eigenvalue weighted by molar-refractivity contribution is -0.141. The molecule has 1 saturated heterocycles. The van der Waals surface area contributed by atoms with Gasteiger partial charge in [-0.05, 0) is 58.6 Å². The molecule has 0 bridgehead atoms. The number of rotatable bonds is 5. The molecule has 6 rings (SSSR count). The molecule has 7 nitrogen and oxygen atoms in total. The number of carboxylic acids is 1. The molecule has 0 spiro atoms. The number of halogens is 3. The van der Waals surface area contributed by atoms with Gasteiger partial charge >= 0.3 is 12.1 Å². The monoisotopic (exact) mass is 595 g/mol. The first-order valence-electron chi connectivity index (χ1n) is 13.5. The Morgan fingerprint density at radius 2 is 1.76 bits per heavy atom. The number of benzene rings is 3. The largest absolute Gasteiger partial charge is 0.480 e. The number of carboxylic acid groups (broad SMARTS) is 1. The van der Waals surface area contributed by atoms with E-state index in [2.05, 4.69) is 0 Å². The number of hydrogen-bond acceptors (Lipinski definition) is 6. The van der Waals surface area contributed by atoms with Crippen molar-refractivity contribution in [3.8, 4) is 11.1 Å². The van der Waals surface area contributed by atoms with E-state index < -0.39 is 29.3 Å². The lowest BCUT2D eigenvalue weighted by atomic mass is 9.91. The van der Waals surface area contributed by atoms with E-state index in [9.17, 15) is 27.9 Å². The maximum absolute atomic E-state index is 14.4. The van der Waals surface area contributed by atoms with Gasteiger partial charge in [-0.15, -0.1) is 0 Å². The van der Waals surface area contributed by atoms with Gasteiger partial charge in [0, 0.05) is 31.6 Å². The van der Waals surface area contributed by atoms with E-state index in [1.807, 2.05) is 47.4 Å². The number of likely N-dealkylation sites (N-methyl/N-ethyl adjacent to an activating group) is 1. The summed E-state index contributed by atoms with van der Waals surface area (Å²) in [5, 5.41) is 12.5. The summed E-state index contributed by atoms with van der Waals surface area (Å²) in [5.74, 6) is -1.18. The van der Waals surface area contributed by atoms with Crippen molar-refractivity contribution in [2.24, 2.45) is 0 Å². The van der Waals surface area contributed by atoms with Crippen LogP contribution in [0, 0.1) is 0 Å². The zero-order valence-corrected chi connectivity index (χ0v) is 23.5. The number of aliphatic carboxylic acids is 1. The van der Waals surface area contributed by atoms with Gasteiger partial charge in [-0.2, -0.15) is 13.2 Å². The molecule has 2 aliphatic heterocycles. The summed E-state index contributed by atoms with van der Waals surface area (Å²) in [5.41, 5.74) is 1.19. The van der Waals surface area contributed by atoms with E-state index >= 15 is 0 Å². The van der Waals surface area contributed by atoms with Crippen LogP contribution in [0.4, 0.5) is 18.9 Å². The second kappa shape index (κ2) is 11.1. The van der Waals surface area contributed by atoms with Gasteiger partial charge in [0.1, 0.15) is 16.8 Å². The van der Waals surface area contributed by atoms with E-state index in [0.717, 1.165) is 28.5 Å². The number of aromatic nitrogens is 1. The van der Waals surface area contributed by atoms with Gasteiger partial charge in [-0.1, -0.05) is 54.6 Å². The van der Waals surface area contributed by atoms with Crippen LogP contribution in [0.3, 0.4) is 0 Å². The van der Waals surface area contributed by atoms with E-state index in [1.54, 1.807) is 17.4 Å². The quantitative estimate of drug-likeness (QED) is 0.297. The zero-order chi connectivity index (χ0) is 29.6. The SMILES string of the molecule is CN1CC(C(=O)O)n2c(c(-c3cccc(C(F)(F)F)c3)c(Cc3cccc4ccccc34)c(N3CCOCC3)c2=O)S1. The summed E-state index contributed by atoms with van der Waals surface area (Å²) in [7, 11) is 1.71. The highest BCUT2D eigenvalue weighted by molar-refractivity contribution is 7.97. The zero-order valence-electron chi connectivity index (χ0n) is 22.7. The van der Waals surface area contributed by atoms with Gasteiger partial charge in [0.15, 0.2) is 0 Å². The highest BCUT2D eigenvalue weighted by atomic mass is 32.2. The Bertz CT molecular complexity index is 1730. The van der Waals surface area contributed by atoms with Gasteiger partial charge < -0.3 is 14.7 Å². The summed E-state index contributed by atoms with van der Waals surface area (Å²) in [6.07, 6.45) is -4.33. The van der Waals surface area contributed by atoms with Crippen molar-refractivity contribution < 1.29 is 27.8 Å². The Hall–Kier alpha value is -3.80. The van der Waals surface area contributed by atoms with Gasteiger partial charge in [0.25, 0.3) is 5.56 Å². The molecule has 4 aromatic rings. The van der Waals surface area contributed by atoms with Crippen molar-refractivity contribution in [1.82, 2.24) is 8.87 Å². The summed E-state index contributed by atoms with van der Waals surface area (Å²) < 4.78 is 50.3. The van der Waals surface area contributed by atoms with Crippen molar-refractivity contribution in [1.29, 1.82) is 0 Å². The van der Waals surface area contributed by atoms with Crippen molar-refractivity contribution in [3.63, 3.8) is 0 Å². The van der Waals surface area contributed by atoms with Gasteiger partial charge in [0.05, 0.1) is 18.8 Å². The van der Waals surface area contributed by atoms with Crippen LogP contribution in [-0.2, 0) is 22.1 Å². The predicted molar refractivity (Wildman–Crippen MR) is 156 cm³/mol. The Morgan fingerprint density at radius 3 is 2.50 bits per heavy atom. The van der Waals surface area contributed by atoms with Crippen molar-refractivity contribution >= 4 is 34.4 Å². The fourth-order valence-corrected chi connectivity index (χ4v) is 6.99. The number of carbonyl (C=O) groups is 1. The fourth-order valence-electron chi connectivity index (χ4n) is 5.85. The Labute approximate surface area is 244 Å². The minimum atomic E-state index is -4.59. The number of alkyl halides is 3. The molecule has 1 atom stereocenters. The minimum Gasteiger partial charge on any atom is -0.480 e. The van der Waals surface area contributed by atoms with E-state index in [4.69, 9.17) is 4.74 Å². The van der Waals surface area contributed by atoms with Crippen LogP contribution in [-0.4, -0.2) is 59.8 Å².